The minimum absolute atomic E-state index is 0.148. The van der Waals surface area contributed by atoms with Gasteiger partial charge in [-0.1, -0.05) is 25.1 Å². The molecule has 1 fully saturated rings. The quantitative estimate of drug-likeness (QED) is 0.729. The average Bonchev–Trinajstić information content (AvgIpc) is 2.19. The maximum absolute atomic E-state index is 11.7. The van der Waals surface area contributed by atoms with Crippen molar-refractivity contribution >= 4 is 11.6 Å². The first-order chi connectivity index (χ1) is 6.77. The molecule has 1 saturated heterocycles. The van der Waals surface area contributed by atoms with E-state index in [1.165, 1.54) is 0 Å². The van der Waals surface area contributed by atoms with Gasteiger partial charge < -0.3 is 0 Å². The number of amides is 1. The lowest BCUT2D eigenvalue weighted by atomic mass is 10.1. The highest BCUT2D eigenvalue weighted by atomic mass is 16.2. The molecule has 1 aliphatic rings. The van der Waals surface area contributed by atoms with E-state index in [-0.39, 0.29) is 5.91 Å². The van der Waals surface area contributed by atoms with E-state index in [2.05, 4.69) is 12.3 Å². The number of nitrogens with one attached hydrogen (secondary N) is 1. The van der Waals surface area contributed by atoms with Crippen LogP contribution in [0.1, 0.15) is 13.3 Å². The van der Waals surface area contributed by atoms with E-state index in [4.69, 9.17) is 0 Å². The maximum Gasteiger partial charge on any atom is 0.241 e. The van der Waals surface area contributed by atoms with E-state index < -0.39 is 0 Å². The maximum atomic E-state index is 11.7. The predicted octanol–water partition coefficient (Wildman–Crippen LogP) is 1.56. The second-order valence-corrected chi connectivity index (χ2v) is 3.74. The molecule has 1 aromatic carbocycles. The summed E-state index contributed by atoms with van der Waals surface area (Å²) in [7, 11) is 0. The summed E-state index contributed by atoms with van der Waals surface area (Å²) in [6, 6.07) is 9.67. The molecule has 0 radical (unpaired) electrons. The first-order valence-electron chi connectivity index (χ1n) is 4.89. The second-order valence-electron chi connectivity index (χ2n) is 3.74. The van der Waals surface area contributed by atoms with Crippen molar-refractivity contribution in [2.24, 2.45) is 5.92 Å². The van der Waals surface area contributed by atoms with Crippen LogP contribution in [0.25, 0.3) is 0 Å². The Morgan fingerprint density at radius 3 is 2.71 bits per heavy atom. The minimum atomic E-state index is 0.148. The molecule has 14 heavy (non-hydrogen) atoms. The summed E-state index contributed by atoms with van der Waals surface area (Å²) in [4.78, 5) is 11.7. The van der Waals surface area contributed by atoms with Crippen molar-refractivity contribution in [1.29, 1.82) is 0 Å². The van der Waals surface area contributed by atoms with E-state index in [1.807, 2.05) is 30.3 Å². The molecular formula is C11H14N2O. The Morgan fingerprint density at radius 2 is 2.07 bits per heavy atom. The normalized spacial score (nSPS) is 22.5. The zero-order valence-corrected chi connectivity index (χ0v) is 8.23. The highest BCUT2D eigenvalue weighted by molar-refractivity contribution is 5.93. The molecule has 74 valence electrons. The fourth-order valence-electron chi connectivity index (χ4n) is 1.61. The number of rotatable bonds is 1. The summed E-state index contributed by atoms with van der Waals surface area (Å²) >= 11 is 0. The summed E-state index contributed by atoms with van der Waals surface area (Å²) in [6.45, 7) is 2.94. The van der Waals surface area contributed by atoms with Crippen LogP contribution in [-0.4, -0.2) is 12.5 Å². The van der Waals surface area contributed by atoms with Crippen molar-refractivity contribution in [1.82, 2.24) is 5.43 Å². The monoisotopic (exact) mass is 190 g/mol. The average molecular weight is 190 g/mol. The van der Waals surface area contributed by atoms with Crippen molar-refractivity contribution < 1.29 is 4.79 Å². The van der Waals surface area contributed by atoms with Crippen molar-refractivity contribution in [3.8, 4) is 0 Å². The lowest BCUT2D eigenvalue weighted by Crippen LogP contribution is -2.50. The van der Waals surface area contributed by atoms with Crippen LogP contribution in [0.4, 0.5) is 5.69 Å². The summed E-state index contributed by atoms with van der Waals surface area (Å²) in [6.07, 6.45) is 0.627. The molecule has 1 atom stereocenters. The predicted molar refractivity (Wildman–Crippen MR) is 55.7 cm³/mol. The fraction of sp³-hybridized carbons (Fsp3) is 0.364. The van der Waals surface area contributed by atoms with E-state index in [9.17, 15) is 4.79 Å². The number of carbonyl (C=O) groups is 1. The standard InChI is InChI=1S/C11H14N2O/c1-9-7-11(14)13(12-8-9)10-5-3-2-4-6-10/h2-6,9,12H,7-8H2,1H3. The number of hydrogen-bond acceptors (Lipinski definition) is 2. The number of benzene rings is 1. The van der Waals surface area contributed by atoms with Gasteiger partial charge in [0.25, 0.3) is 0 Å². The third-order valence-electron chi connectivity index (χ3n) is 2.38. The van der Waals surface area contributed by atoms with Gasteiger partial charge in [-0.2, -0.15) is 0 Å². The molecule has 2 rings (SSSR count). The first kappa shape index (κ1) is 9.21. The Morgan fingerprint density at radius 1 is 1.36 bits per heavy atom. The number of para-hydroxylation sites is 1. The molecule has 0 bridgehead atoms. The van der Waals surface area contributed by atoms with Crippen LogP contribution in [-0.2, 0) is 4.79 Å². The number of nitrogens with zero attached hydrogens (tertiary/aromatic N) is 1. The highest BCUT2D eigenvalue weighted by Crippen LogP contribution is 2.17. The van der Waals surface area contributed by atoms with Crippen molar-refractivity contribution in [2.45, 2.75) is 13.3 Å². The second kappa shape index (κ2) is 3.80. The van der Waals surface area contributed by atoms with Gasteiger partial charge in [0, 0.05) is 13.0 Å². The SMILES string of the molecule is CC1CNN(c2ccccc2)C(=O)C1. The molecule has 0 aliphatic carbocycles. The molecule has 1 heterocycles. The molecule has 1 N–H and O–H groups in total. The topological polar surface area (TPSA) is 32.3 Å². The lowest BCUT2D eigenvalue weighted by Gasteiger charge is -2.30. The van der Waals surface area contributed by atoms with Crippen LogP contribution >= 0.6 is 0 Å². The summed E-state index contributed by atoms with van der Waals surface area (Å²) in [5, 5.41) is 1.64. The zero-order chi connectivity index (χ0) is 9.97. The Bertz CT molecular complexity index is 323. The largest absolute Gasteiger partial charge is 0.273 e. The summed E-state index contributed by atoms with van der Waals surface area (Å²) in [5.74, 6) is 0.581. The lowest BCUT2D eigenvalue weighted by molar-refractivity contribution is -0.121. The Kier molecular flexibility index (Phi) is 2.50. The van der Waals surface area contributed by atoms with Gasteiger partial charge in [0.1, 0.15) is 0 Å². The zero-order valence-electron chi connectivity index (χ0n) is 8.23. The molecule has 1 aliphatic heterocycles. The van der Waals surface area contributed by atoms with E-state index in [1.54, 1.807) is 5.01 Å². The van der Waals surface area contributed by atoms with Gasteiger partial charge in [-0.3, -0.25) is 4.79 Å². The number of carbonyl (C=O) groups excluding carboxylic acids is 1. The molecular weight excluding hydrogens is 176 g/mol. The van der Waals surface area contributed by atoms with Crippen LogP contribution in [0, 0.1) is 5.92 Å². The van der Waals surface area contributed by atoms with Gasteiger partial charge in [0.05, 0.1) is 5.69 Å². The third-order valence-corrected chi connectivity index (χ3v) is 2.38. The van der Waals surface area contributed by atoms with Gasteiger partial charge in [-0.25, -0.2) is 10.4 Å². The fourth-order valence-corrected chi connectivity index (χ4v) is 1.61. The van der Waals surface area contributed by atoms with Gasteiger partial charge in [0.15, 0.2) is 0 Å². The van der Waals surface area contributed by atoms with Gasteiger partial charge in [-0.15, -0.1) is 0 Å². The molecule has 1 amide bonds. The van der Waals surface area contributed by atoms with Crippen molar-refractivity contribution in [3.05, 3.63) is 30.3 Å². The molecule has 0 saturated carbocycles. The summed E-state index contributed by atoms with van der Waals surface area (Å²) in [5.41, 5.74) is 4.04. The first-order valence-corrected chi connectivity index (χ1v) is 4.89. The minimum Gasteiger partial charge on any atom is -0.273 e. The molecule has 1 unspecified atom stereocenters. The number of hydrazine groups is 1. The Hall–Kier alpha value is -1.35. The van der Waals surface area contributed by atoms with Gasteiger partial charge in [-0.05, 0) is 18.1 Å². The van der Waals surface area contributed by atoms with Crippen LogP contribution in [0.5, 0.6) is 0 Å². The number of anilines is 1. The van der Waals surface area contributed by atoms with E-state index in [0.717, 1.165) is 12.2 Å². The molecule has 0 spiro atoms. The van der Waals surface area contributed by atoms with Crippen LogP contribution in [0.3, 0.4) is 0 Å². The molecule has 3 nitrogen and oxygen atoms in total. The van der Waals surface area contributed by atoms with Crippen molar-refractivity contribution in [3.63, 3.8) is 0 Å². The third kappa shape index (κ3) is 1.77. The van der Waals surface area contributed by atoms with Crippen LogP contribution in [0.15, 0.2) is 30.3 Å². The van der Waals surface area contributed by atoms with Crippen LogP contribution in [0.2, 0.25) is 0 Å². The molecule has 3 heteroatoms. The Balaban J connectivity index is 2.16. The van der Waals surface area contributed by atoms with E-state index in [0.29, 0.717) is 12.3 Å². The smallest absolute Gasteiger partial charge is 0.241 e. The van der Waals surface area contributed by atoms with Gasteiger partial charge >= 0.3 is 0 Å². The van der Waals surface area contributed by atoms with Gasteiger partial charge in [0.2, 0.25) is 5.91 Å². The highest BCUT2D eigenvalue weighted by Gasteiger charge is 2.23. The molecule has 1 aromatic rings. The molecule has 0 aromatic heterocycles. The van der Waals surface area contributed by atoms with Crippen LogP contribution < -0.4 is 10.4 Å². The van der Waals surface area contributed by atoms with E-state index >= 15 is 0 Å². The Labute approximate surface area is 83.7 Å². The summed E-state index contributed by atoms with van der Waals surface area (Å²) < 4.78 is 0. The van der Waals surface area contributed by atoms with Crippen molar-refractivity contribution in [2.75, 3.05) is 11.6 Å². The number of hydrogen-bond donors (Lipinski definition) is 1.